The van der Waals surface area contributed by atoms with Gasteiger partial charge in [-0.1, -0.05) is 0 Å². The lowest BCUT2D eigenvalue weighted by atomic mass is 10.1. The first-order valence-electron chi connectivity index (χ1n) is 3.66. The number of aliphatic carboxylic acids is 1. The van der Waals surface area contributed by atoms with Crippen molar-refractivity contribution in [3.05, 3.63) is 0 Å². The van der Waals surface area contributed by atoms with Gasteiger partial charge >= 0.3 is 5.97 Å². The Kier molecular flexibility index (Phi) is 3.32. The molecule has 0 saturated carbocycles. The van der Waals surface area contributed by atoms with E-state index in [1.165, 1.54) is 0 Å². The first-order chi connectivity index (χ1) is 5.29. The van der Waals surface area contributed by atoms with Crippen molar-refractivity contribution in [2.24, 2.45) is 5.92 Å². The Morgan fingerprint density at radius 3 is 3.09 bits per heavy atom. The van der Waals surface area contributed by atoms with Gasteiger partial charge < -0.3 is 14.6 Å². The van der Waals surface area contributed by atoms with Gasteiger partial charge in [-0.15, -0.1) is 0 Å². The number of hydrogen-bond donors (Lipinski definition) is 1. The van der Waals surface area contributed by atoms with Gasteiger partial charge in [0.1, 0.15) is 6.61 Å². The minimum atomic E-state index is -0.913. The van der Waals surface area contributed by atoms with Crippen LogP contribution in [-0.2, 0) is 14.3 Å². The molecule has 1 heterocycles. The summed E-state index contributed by atoms with van der Waals surface area (Å²) in [6, 6.07) is 0. The molecule has 1 atom stereocenters. The van der Waals surface area contributed by atoms with Gasteiger partial charge in [-0.05, 0) is 6.42 Å². The standard InChI is InChI=1S/C7H12O4/c8-7(9)5-11-4-6-1-2-10-3-6/h6H,1-5H2,(H,8,9)/t6-/m0/s1. The van der Waals surface area contributed by atoms with Crippen LogP contribution in [0.2, 0.25) is 0 Å². The summed E-state index contributed by atoms with van der Waals surface area (Å²) >= 11 is 0. The second-order valence-corrected chi connectivity index (χ2v) is 2.64. The summed E-state index contributed by atoms with van der Waals surface area (Å²) in [4.78, 5) is 10.0. The normalized spacial score (nSPS) is 23.8. The van der Waals surface area contributed by atoms with Crippen molar-refractivity contribution < 1.29 is 19.4 Å². The smallest absolute Gasteiger partial charge is 0.329 e. The average molecular weight is 160 g/mol. The Morgan fingerprint density at radius 1 is 1.73 bits per heavy atom. The molecule has 0 aromatic carbocycles. The summed E-state index contributed by atoms with van der Waals surface area (Å²) in [7, 11) is 0. The van der Waals surface area contributed by atoms with Crippen LogP contribution >= 0.6 is 0 Å². The first-order valence-corrected chi connectivity index (χ1v) is 3.66. The summed E-state index contributed by atoms with van der Waals surface area (Å²) in [5.41, 5.74) is 0. The van der Waals surface area contributed by atoms with Crippen LogP contribution < -0.4 is 0 Å². The number of ether oxygens (including phenoxy) is 2. The van der Waals surface area contributed by atoms with Crippen LogP contribution in [0.1, 0.15) is 6.42 Å². The monoisotopic (exact) mass is 160 g/mol. The fourth-order valence-electron chi connectivity index (χ4n) is 1.03. The highest BCUT2D eigenvalue weighted by Crippen LogP contribution is 2.11. The lowest BCUT2D eigenvalue weighted by molar-refractivity contribution is -0.142. The summed E-state index contributed by atoms with van der Waals surface area (Å²) < 4.78 is 9.99. The third-order valence-corrected chi connectivity index (χ3v) is 1.60. The molecule has 1 fully saturated rings. The molecule has 1 rings (SSSR count). The molecule has 11 heavy (non-hydrogen) atoms. The molecule has 0 aromatic heterocycles. The van der Waals surface area contributed by atoms with E-state index in [9.17, 15) is 4.79 Å². The third kappa shape index (κ3) is 3.34. The van der Waals surface area contributed by atoms with Crippen molar-refractivity contribution in [1.82, 2.24) is 0 Å². The van der Waals surface area contributed by atoms with Gasteiger partial charge in [-0.2, -0.15) is 0 Å². The quantitative estimate of drug-likeness (QED) is 0.634. The number of rotatable bonds is 4. The van der Waals surface area contributed by atoms with E-state index in [-0.39, 0.29) is 6.61 Å². The topological polar surface area (TPSA) is 55.8 Å². The van der Waals surface area contributed by atoms with Gasteiger partial charge in [0.2, 0.25) is 0 Å². The van der Waals surface area contributed by atoms with Crippen LogP contribution in [0, 0.1) is 5.92 Å². The predicted molar refractivity (Wildman–Crippen MR) is 37.4 cm³/mol. The van der Waals surface area contributed by atoms with Crippen molar-refractivity contribution in [2.75, 3.05) is 26.4 Å². The van der Waals surface area contributed by atoms with Gasteiger partial charge in [-0.25, -0.2) is 4.79 Å². The van der Waals surface area contributed by atoms with Crippen LogP contribution in [0.3, 0.4) is 0 Å². The molecular formula is C7H12O4. The van der Waals surface area contributed by atoms with E-state index >= 15 is 0 Å². The fourth-order valence-corrected chi connectivity index (χ4v) is 1.03. The Labute approximate surface area is 65.1 Å². The zero-order chi connectivity index (χ0) is 8.10. The molecule has 0 aromatic rings. The van der Waals surface area contributed by atoms with Crippen LogP contribution in [-0.4, -0.2) is 37.5 Å². The molecule has 0 bridgehead atoms. The second-order valence-electron chi connectivity index (χ2n) is 2.64. The summed E-state index contributed by atoms with van der Waals surface area (Å²) in [6.45, 7) is 1.80. The lowest BCUT2D eigenvalue weighted by Crippen LogP contribution is -2.14. The largest absolute Gasteiger partial charge is 0.480 e. The Hall–Kier alpha value is -0.610. The van der Waals surface area contributed by atoms with Gasteiger partial charge in [0.15, 0.2) is 0 Å². The Morgan fingerprint density at radius 2 is 2.55 bits per heavy atom. The van der Waals surface area contributed by atoms with Crippen LogP contribution in [0.4, 0.5) is 0 Å². The highest BCUT2D eigenvalue weighted by atomic mass is 16.5. The summed E-state index contributed by atoms with van der Waals surface area (Å²) in [6.07, 6.45) is 0.986. The molecule has 1 saturated heterocycles. The maximum atomic E-state index is 10.0. The first kappa shape index (κ1) is 8.49. The van der Waals surface area contributed by atoms with Crippen molar-refractivity contribution in [2.45, 2.75) is 6.42 Å². The SMILES string of the molecule is O=C(O)COC[C@H]1CCOC1. The van der Waals surface area contributed by atoms with Crippen molar-refractivity contribution in [1.29, 1.82) is 0 Å². The van der Waals surface area contributed by atoms with Gasteiger partial charge in [0.25, 0.3) is 0 Å². The number of carboxylic acid groups (broad SMARTS) is 1. The van der Waals surface area contributed by atoms with E-state index in [0.29, 0.717) is 19.1 Å². The van der Waals surface area contributed by atoms with E-state index in [0.717, 1.165) is 13.0 Å². The van der Waals surface area contributed by atoms with Gasteiger partial charge in [0, 0.05) is 12.5 Å². The molecule has 1 aliphatic heterocycles. The minimum absolute atomic E-state index is 0.198. The number of carboxylic acids is 1. The number of carbonyl (C=O) groups is 1. The predicted octanol–water partition coefficient (Wildman–Crippen LogP) is 0.124. The minimum Gasteiger partial charge on any atom is -0.480 e. The maximum absolute atomic E-state index is 10.0. The van der Waals surface area contributed by atoms with E-state index in [2.05, 4.69) is 0 Å². The molecule has 0 amide bonds. The zero-order valence-corrected chi connectivity index (χ0v) is 6.28. The molecule has 64 valence electrons. The maximum Gasteiger partial charge on any atom is 0.329 e. The summed E-state index contributed by atoms with van der Waals surface area (Å²) in [5, 5.41) is 8.23. The fraction of sp³-hybridized carbons (Fsp3) is 0.857. The average Bonchev–Trinajstić information content (AvgIpc) is 2.39. The third-order valence-electron chi connectivity index (χ3n) is 1.60. The zero-order valence-electron chi connectivity index (χ0n) is 6.28. The van der Waals surface area contributed by atoms with Crippen molar-refractivity contribution in [3.8, 4) is 0 Å². The van der Waals surface area contributed by atoms with Crippen molar-refractivity contribution >= 4 is 5.97 Å². The van der Waals surface area contributed by atoms with Gasteiger partial charge in [0.05, 0.1) is 13.2 Å². The van der Waals surface area contributed by atoms with E-state index in [1.807, 2.05) is 0 Å². The second kappa shape index (κ2) is 4.31. The van der Waals surface area contributed by atoms with E-state index in [4.69, 9.17) is 14.6 Å². The Bertz CT molecular complexity index is 128. The molecule has 0 unspecified atom stereocenters. The Balaban J connectivity index is 1.98. The molecule has 1 N–H and O–H groups in total. The van der Waals surface area contributed by atoms with E-state index in [1.54, 1.807) is 0 Å². The number of hydrogen-bond acceptors (Lipinski definition) is 3. The molecule has 4 nitrogen and oxygen atoms in total. The molecule has 4 heteroatoms. The van der Waals surface area contributed by atoms with Crippen LogP contribution in [0.5, 0.6) is 0 Å². The van der Waals surface area contributed by atoms with Crippen LogP contribution in [0.15, 0.2) is 0 Å². The highest BCUT2D eigenvalue weighted by Gasteiger charge is 2.15. The van der Waals surface area contributed by atoms with Crippen LogP contribution in [0.25, 0.3) is 0 Å². The molecule has 0 radical (unpaired) electrons. The van der Waals surface area contributed by atoms with Gasteiger partial charge in [-0.3, -0.25) is 0 Å². The van der Waals surface area contributed by atoms with Crippen molar-refractivity contribution in [3.63, 3.8) is 0 Å². The summed E-state index contributed by atoms with van der Waals surface area (Å²) in [5.74, 6) is -0.515. The molecular weight excluding hydrogens is 148 g/mol. The lowest BCUT2D eigenvalue weighted by Gasteiger charge is -2.05. The molecule has 0 spiro atoms. The molecule has 0 aliphatic carbocycles. The molecule has 1 aliphatic rings. The van der Waals surface area contributed by atoms with E-state index < -0.39 is 5.97 Å². The highest BCUT2D eigenvalue weighted by molar-refractivity contribution is 5.67.